The molecule has 1 unspecified atom stereocenters. The van der Waals surface area contributed by atoms with Crippen molar-refractivity contribution >= 4 is 0 Å². The van der Waals surface area contributed by atoms with E-state index < -0.39 is 0 Å². The van der Waals surface area contributed by atoms with Crippen LogP contribution in [0.5, 0.6) is 0 Å². The Hall–Kier alpha value is 0. The highest BCUT2D eigenvalue weighted by molar-refractivity contribution is 4.74. The van der Waals surface area contributed by atoms with Crippen molar-refractivity contribution in [1.82, 2.24) is 0 Å². The highest BCUT2D eigenvalue weighted by Crippen LogP contribution is 2.33. The summed E-state index contributed by atoms with van der Waals surface area (Å²) < 4.78 is 0. The molecular weight excluding hydrogens is 120 g/mol. The zero-order chi connectivity index (χ0) is 8.20. The molecule has 0 aliphatic rings. The first kappa shape index (κ1) is 10.0. The molecule has 0 aliphatic carbocycles. The zero-order valence-corrected chi connectivity index (χ0v) is 7.91. The molecule has 0 N–H and O–H groups in total. The quantitative estimate of drug-likeness (QED) is 0.560. The highest BCUT2D eigenvalue weighted by atomic mass is 14.3. The SMILES string of the molecule is [CH2]CCC(C)(C)C(C)CC. The molecule has 0 bridgehead atoms. The van der Waals surface area contributed by atoms with Crippen molar-refractivity contribution in [2.75, 3.05) is 0 Å². The van der Waals surface area contributed by atoms with Crippen molar-refractivity contribution < 1.29 is 0 Å². The summed E-state index contributed by atoms with van der Waals surface area (Å²) in [6.07, 6.45) is 3.60. The topological polar surface area (TPSA) is 0 Å². The van der Waals surface area contributed by atoms with Gasteiger partial charge in [-0.05, 0) is 17.8 Å². The van der Waals surface area contributed by atoms with Gasteiger partial charge in [0.1, 0.15) is 0 Å². The third-order valence-electron chi connectivity index (χ3n) is 2.77. The van der Waals surface area contributed by atoms with Gasteiger partial charge in [0.05, 0.1) is 0 Å². The van der Waals surface area contributed by atoms with Gasteiger partial charge < -0.3 is 0 Å². The second-order valence-corrected chi connectivity index (χ2v) is 3.90. The fourth-order valence-corrected chi connectivity index (χ4v) is 1.25. The summed E-state index contributed by atoms with van der Waals surface area (Å²) in [7, 11) is 0. The number of rotatable bonds is 4. The standard InChI is InChI=1S/C10H21/c1-6-8-10(4,5)9(3)7-2/h9H,1,6-8H2,2-5H3. The Balaban J connectivity index is 3.82. The summed E-state index contributed by atoms with van der Waals surface area (Å²) in [6, 6.07) is 0. The van der Waals surface area contributed by atoms with E-state index in [4.69, 9.17) is 0 Å². The molecule has 0 aliphatic heterocycles. The molecule has 0 nitrogen and oxygen atoms in total. The Morgan fingerprint density at radius 3 is 2.20 bits per heavy atom. The molecule has 0 aromatic carbocycles. The lowest BCUT2D eigenvalue weighted by molar-refractivity contribution is 0.207. The summed E-state index contributed by atoms with van der Waals surface area (Å²) in [5.41, 5.74) is 0.497. The number of hydrogen-bond donors (Lipinski definition) is 0. The van der Waals surface area contributed by atoms with Crippen molar-refractivity contribution in [2.45, 2.75) is 47.0 Å². The van der Waals surface area contributed by atoms with Gasteiger partial charge in [-0.1, -0.05) is 47.5 Å². The molecule has 0 spiro atoms. The molecule has 10 heavy (non-hydrogen) atoms. The zero-order valence-electron chi connectivity index (χ0n) is 7.91. The second kappa shape index (κ2) is 4.00. The fourth-order valence-electron chi connectivity index (χ4n) is 1.25. The van der Waals surface area contributed by atoms with Crippen LogP contribution in [0, 0.1) is 18.3 Å². The van der Waals surface area contributed by atoms with E-state index in [0.29, 0.717) is 5.41 Å². The van der Waals surface area contributed by atoms with Crippen LogP contribution in [0.1, 0.15) is 47.0 Å². The van der Waals surface area contributed by atoms with Crippen molar-refractivity contribution in [1.29, 1.82) is 0 Å². The molecular formula is C10H21. The van der Waals surface area contributed by atoms with Crippen LogP contribution in [-0.4, -0.2) is 0 Å². The summed E-state index contributed by atoms with van der Waals surface area (Å²) in [4.78, 5) is 0. The van der Waals surface area contributed by atoms with E-state index in [-0.39, 0.29) is 0 Å². The van der Waals surface area contributed by atoms with E-state index >= 15 is 0 Å². The summed E-state index contributed by atoms with van der Waals surface area (Å²) in [6.45, 7) is 13.2. The predicted molar refractivity (Wildman–Crippen MR) is 47.8 cm³/mol. The van der Waals surface area contributed by atoms with Gasteiger partial charge in [0.2, 0.25) is 0 Å². The van der Waals surface area contributed by atoms with Crippen LogP contribution in [0.15, 0.2) is 0 Å². The van der Waals surface area contributed by atoms with Crippen molar-refractivity contribution in [2.24, 2.45) is 11.3 Å². The van der Waals surface area contributed by atoms with Crippen molar-refractivity contribution in [3.63, 3.8) is 0 Å². The van der Waals surface area contributed by atoms with E-state index in [9.17, 15) is 0 Å². The van der Waals surface area contributed by atoms with Crippen LogP contribution in [0.2, 0.25) is 0 Å². The van der Waals surface area contributed by atoms with Gasteiger partial charge in [-0.3, -0.25) is 0 Å². The number of hydrogen-bond acceptors (Lipinski definition) is 0. The Morgan fingerprint density at radius 2 is 1.90 bits per heavy atom. The van der Waals surface area contributed by atoms with Gasteiger partial charge in [-0.2, -0.15) is 0 Å². The van der Waals surface area contributed by atoms with Gasteiger partial charge in [-0.25, -0.2) is 0 Å². The molecule has 0 rings (SSSR count). The third-order valence-corrected chi connectivity index (χ3v) is 2.77. The lowest BCUT2D eigenvalue weighted by Gasteiger charge is -2.30. The summed E-state index contributed by atoms with van der Waals surface area (Å²) in [5.74, 6) is 0.828. The molecule has 0 fully saturated rings. The lowest BCUT2D eigenvalue weighted by Crippen LogP contribution is -2.20. The van der Waals surface area contributed by atoms with Crippen LogP contribution in [0.3, 0.4) is 0 Å². The van der Waals surface area contributed by atoms with Crippen molar-refractivity contribution in [3.05, 3.63) is 6.92 Å². The minimum atomic E-state index is 0.497. The molecule has 1 radical (unpaired) electrons. The molecule has 0 heteroatoms. The van der Waals surface area contributed by atoms with E-state index in [1.807, 2.05) is 0 Å². The molecule has 0 saturated heterocycles. The predicted octanol–water partition coefficient (Wildman–Crippen LogP) is 3.67. The molecule has 0 aromatic heterocycles. The van der Waals surface area contributed by atoms with E-state index in [0.717, 1.165) is 12.3 Å². The van der Waals surface area contributed by atoms with E-state index in [1.54, 1.807) is 0 Å². The van der Waals surface area contributed by atoms with Gasteiger partial charge >= 0.3 is 0 Å². The highest BCUT2D eigenvalue weighted by Gasteiger charge is 2.22. The van der Waals surface area contributed by atoms with Crippen molar-refractivity contribution in [3.8, 4) is 0 Å². The molecule has 61 valence electrons. The maximum atomic E-state index is 3.89. The van der Waals surface area contributed by atoms with E-state index in [2.05, 4.69) is 34.6 Å². The average molecular weight is 141 g/mol. The van der Waals surface area contributed by atoms with Crippen LogP contribution in [0.25, 0.3) is 0 Å². The normalized spacial score (nSPS) is 15.3. The Morgan fingerprint density at radius 1 is 1.40 bits per heavy atom. The van der Waals surface area contributed by atoms with Crippen LogP contribution >= 0.6 is 0 Å². The van der Waals surface area contributed by atoms with Crippen LogP contribution < -0.4 is 0 Å². The first-order valence-corrected chi connectivity index (χ1v) is 4.33. The fraction of sp³-hybridized carbons (Fsp3) is 0.900. The first-order valence-electron chi connectivity index (χ1n) is 4.33. The maximum Gasteiger partial charge on any atom is -0.0329 e. The van der Waals surface area contributed by atoms with Crippen LogP contribution in [0.4, 0.5) is 0 Å². The monoisotopic (exact) mass is 141 g/mol. The van der Waals surface area contributed by atoms with E-state index in [1.165, 1.54) is 12.8 Å². The molecule has 0 heterocycles. The Kier molecular flexibility index (Phi) is 4.00. The maximum absolute atomic E-state index is 3.89. The first-order chi connectivity index (χ1) is 4.54. The van der Waals surface area contributed by atoms with Gasteiger partial charge in [-0.15, -0.1) is 0 Å². The Labute approximate surface area is 66.0 Å². The minimum Gasteiger partial charge on any atom is -0.0651 e. The van der Waals surface area contributed by atoms with Gasteiger partial charge in [0.25, 0.3) is 0 Å². The molecule has 1 atom stereocenters. The largest absolute Gasteiger partial charge is 0.0651 e. The lowest BCUT2D eigenvalue weighted by atomic mass is 9.75. The summed E-state index contributed by atoms with van der Waals surface area (Å²) >= 11 is 0. The Bertz CT molecular complexity index is 82.0. The second-order valence-electron chi connectivity index (χ2n) is 3.90. The smallest absolute Gasteiger partial charge is 0.0329 e. The molecule has 0 saturated carbocycles. The van der Waals surface area contributed by atoms with Crippen LogP contribution in [-0.2, 0) is 0 Å². The van der Waals surface area contributed by atoms with Gasteiger partial charge in [0, 0.05) is 0 Å². The molecule has 0 aromatic rings. The third kappa shape index (κ3) is 2.72. The average Bonchev–Trinajstić information content (AvgIpc) is 1.86. The molecule has 0 amide bonds. The van der Waals surface area contributed by atoms with Gasteiger partial charge in [0.15, 0.2) is 0 Å². The summed E-state index contributed by atoms with van der Waals surface area (Å²) in [5, 5.41) is 0. The minimum absolute atomic E-state index is 0.497.